The first-order valence-electron chi connectivity index (χ1n) is 3.15. The Bertz CT molecular complexity index is 184. The van der Waals surface area contributed by atoms with Crippen molar-refractivity contribution in [2.75, 3.05) is 7.11 Å². The number of halogens is 2. The van der Waals surface area contributed by atoms with Gasteiger partial charge in [-0.15, -0.1) is 0 Å². The van der Waals surface area contributed by atoms with E-state index in [-0.39, 0.29) is 0 Å². The van der Waals surface area contributed by atoms with Crippen LogP contribution in [0, 0.1) is 0 Å². The van der Waals surface area contributed by atoms with E-state index in [9.17, 15) is 18.4 Å². The van der Waals surface area contributed by atoms with E-state index in [1.165, 1.54) is 6.92 Å². The first-order valence-corrected chi connectivity index (χ1v) is 3.15. The summed E-state index contributed by atoms with van der Waals surface area (Å²) in [6.07, 6.45) is -3.11. The van der Waals surface area contributed by atoms with Crippen LogP contribution in [0.15, 0.2) is 0 Å². The van der Waals surface area contributed by atoms with Crippen molar-refractivity contribution >= 4 is 11.9 Å². The van der Waals surface area contributed by atoms with Gasteiger partial charge in [0.05, 0.1) is 7.11 Å². The van der Waals surface area contributed by atoms with Gasteiger partial charge in [-0.1, -0.05) is 0 Å². The molecule has 0 radical (unpaired) electrons. The predicted octanol–water partition coefficient (Wildman–Crippen LogP) is -0.0708. The average Bonchev–Trinajstić information content (AvgIpc) is 2.02. The second kappa shape index (κ2) is 4.63. The van der Waals surface area contributed by atoms with Gasteiger partial charge in [0.25, 0.3) is 5.91 Å². The minimum Gasteiger partial charge on any atom is -0.467 e. The van der Waals surface area contributed by atoms with E-state index < -0.39 is 24.3 Å². The standard InChI is InChI=1S/C6H9F2NO3/c1-3(6(11)12-2)9-5(10)4(7)8/h3-4H,1-2H3,(H,9,10)/t3-/m0/s1. The third-order valence-electron chi connectivity index (χ3n) is 1.11. The molecule has 0 bridgehead atoms. The van der Waals surface area contributed by atoms with Crippen molar-refractivity contribution in [1.29, 1.82) is 0 Å². The highest BCUT2D eigenvalue weighted by atomic mass is 19.3. The fraction of sp³-hybridized carbons (Fsp3) is 0.667. The highest BCUT2D eigenvalue weighted by Gasteiger charge is 2.21. The SMILES string of the molecule is COC(=O)[C@H](C)NC(=O)C(F)F. The van der Waals surface area contributed by atoms with Crippen molar-refractivity contribution in [3.8, 4) is 0 Å². The van der Waals surface area contributed by atoms with Crippen LogP contribution in [0.4, 0.5) is 8.78 Å². The van der Waals surface area contributed by atoms with E-state index in [0.29, 0.717) is 0 Å². The van der Waals surface area contributed by atoms with Crippen LogP contribution in [0.2, 0.25) is 0 Å². The molecular weight excluding hydrogens is 172 g/mol. The number of nitrogens with one attached hydrogen (secondary N) is 1. The summed E-state index contributed by atoms with van der Waals surface area (Å²) in [5, 5.41) is 1.77. The molecule has 0 aromatic heterocycles. The Balaban J connectivity index is 3.92. The van der Waals surface area contributed by atoms with Gasteiger partial charge in [-0.25, -0.2) is 4.79 Å². The number of carbonyl (C=O) groups is 2. The van der Waals surface area contributed by atoms with Crippen LogP contribution in [0.25, 0.3) is 0 Å². The van der Waals surface area contributed by atoms with Crippen molar-refractivity contribution in [3.63, 3.8) is 0 Å². The zero-order valence-electron chi connectivity index (χ0n) is 6.64. The van der Waals surface area contributed by atoms with Crippen LogP contribution >= 0.6 is 0 Å². The van der Waals surface area contributed by atoms with Gasteiger partial charge >= 0.3 is 12.4 Å². The van der Waals surface area contributed by atoms with Gasteiger partial charge in [-0.05, 0) is 6.92 Å². The molecule has 1 amide bonds. The van der Waals surface area contributed by atoms with Gasteiger partial charge in [0.1, 0.15) is 6.04 Å². The van der Waals surface area contributed by atoms with E-state index >= 15 is 0 Å². The summed E-state index contributed by atoms with van der Waals surface area (Å²) in [5.74, 6) is -2.24. The maximum atomic E-state index is 11.6. The zero-order chi connectivity index (χ0) is 9.72. The number of hydrogen-bond donors (Lipinski definition) is 1. The molecule has 0 aromatic rings. The summed E-state index contributed by atoms with van der Waals surface area (Å²) in [6, 6.07) is -1.04. The van der Waals surface area contributed by atoms with Crippen molar-refractivity contribution < 1.29 is 23.1 Å². The zero-order valence-corrected chi connectivity index (χ0v) is 6.64. The van der Waals surface area contributed by atoms with Gasteiger partial charge in [0, 0.05) is 0 Å². The number of rotatable bonds is 3. The quantitative estimate of drug-likeness (QED) is 0.620. The highest BCUT2D eigenvalue weighted by Crippen LogP contribution is 1.93. The number of methoxy groups -OCH3 is 1. The topological polar surface area (TPSA) is 55.4 Å². The summed E-state index contributed by atoms with van der Waals surface area (Å²) < 4.78 is 27.4. The molecule has 70 valence electrons. The molecule has 0 saturated carbocycles. The summed E-state index contributed by atoms with van der Waals surface area (Å²) in [7, 11) is 1.10. The smallest absolute Gasteiger partial charge is 0.328 e. The molecule has 0 aliphatic carbocycles. The minimum absolute atomic E-state index is 0.760. The largest absolute Gasteiger partial charge is 0.467 e. The van der Waals surface area contributed by atoms with Crippen LogP contribution in [0.5, 0.6) is 0 Å². The minimum atomic E-state index is -3.11. The van der Waals surface area contributed by atoms with Crippen molar-refractivity contribution in [1.82, 2.24) is 5.32 Å². The third kappa shape index (κ3) is 3.27. The van der Waals surface area contributed by atoms with E-state index in [4.69, 9.17) is 0 Å². The Morgan fingerprint density at radius 1 is 1.42 bits per heavy atom. The monoisotopic (exact) mass is 181 g/mol. The summed E-state index contributed by atoms with van der Waals surface area (Å²) in [4.78, 5) is 20.9. The molecular formula is C6H9F2NO3. The lowest BCUT2D eigenvalue weighted by Gasteiger charge is -2.10. The van der Waals surface area contributed by atoms with Gasteiger partial charge < -0.3 is 10.1 Å². The van der Waals surface area contributed by atoms with E-state index in [2.05, 4.69) is 4.74 Å². The summed E-state index contributed by atoms with van der Waals surface area (Å²) in [6.45, 7) is 1.26. The number of amides is 1. The van der Waals surface area contributed by atoms with Crippen molar-refractivity contribution in [2.45, 2.75) is 19.4 Å². The maximum absolute atomic E-state index is 11.6. The fourth-order valence-electron chi connectivity index (χ4n) is 0.512. The third-order valence-corrected chi connectivity index (χ3v) is 1.11. The predicted molar refractivity (Wildman–Crippen MR) is 35.6 cm³/mol. The van der Waals surface area contributed by atoms with Crippen LogP contribution in [0.3, 0.4) is 0 Å². The summed E-state index contributed by atoms with van der Waals surface area (Å²) >= 11 is 0. The number of hydrogen-bond acceptors (Lipinski definition) is 3. The van der Waals surface area contributed by atoms with E-state index in [1.54, 1.807) is 5.32 Å². The Kier molecular flexibility index (Phi) is 4.17. The molecule has 12 heavy (non-hydrogen) atoms. The van der Waals surface area contributed by atoms with Crippen molar-refractivity contribution in [2.24, 2.45) is 0 Å². The highest BCUT2D eigenvalue weighted by molar-refractivity contribution is 5.85. The fourth-order valence-corrected chi connectivity index (χ4v) is 0.512. The van der Waals surface area contributed by atoms with Gasteiger partial charge in [0.2, 0.25) is 0 Å². The molecule has 0 rings (SSSR count). The Labute approximate surface area is 67.9 Å². The lowest BCUT2D eigenvalue weighted by atomic mass is 10.3. The molecule has 0 aliphatic rings. The molecule has 0 spiro atoms. The van der Waals surface area contributed by atoms with Crippen LogP contribution in [-0.2, 0) is 14.3 Å². The first kappa shape index (κ1) is 10.8. The number of carbonyl (C=O) groups excluding carboxylic acids is 2. The molecule has 0 unspecified atom stereocenters. The number of ether oxygens (including phenoxy) is 1. The first-order chi connectivity index (χ1) is 5.49. The molecule has 1 N–H and O–H groups in total. The second-order valence-corrected chi connectivity index (χ2v) is 2.05. The maximum Gasteiger partial charge on any atom is 0.328 e. The molecule has 0 heterocycles. The Morgan fingerprint density at radius 2 is 1.92 bits per heavy atom. The van der Waals surface area contributed by atoms with Gasteiger partial charge in [-0.2, -0.15) is 8.78 Å². The van der Waals surface area contributed by atoms with Gasteiger partial charge in [-0.3, -0.25) is 4.79 Å². The van der Waals surface area contributed by atoms with Gasteiger partial charge in [0.15, 0.2) is 0 Å². The Morgan fingerprint density at radius 3 is 2.25 bits per heavy atom. The van der Waals surface area contributed by atoms with Crippen molar-refractivity contribution in [3.05, 3.63) is 0 Å². The molecule has 0 aliphatic heterocycles. The Hall–Kier alpha value is -1.20. The van der Waals surface area contributed by atoms with Crippen LogP contribution in [-0.4, -0.2) is 31.5 Å². The molecule has 0 fully saturated rings. The number of esters is 1. The van der Waals surface area contributed by atoms with E-state index in [0.717, 1.165) is 7.11 Å². The summed E-state index contributed by atoms with van der Waals surface area (Å²) in [5.41, 5.74) is 0. The average molecular weight is 181 g/mol. The molecule has 1 atom stereocenters. The van der Waals surface area contributed by atoms with Crippen LogP contribution < -0.4 is 5.32 Å². The lowest BCUT2D eigenvalue weighted by Crippen LogP contribution is -2.42. The second-order valence-electron chi connectivity index (χ2n) is 2.05. The number of alkyl halides is 2. The lowest BCUT2D eigenvalue weighted by molar-refractivity contribution is -0.146. The molecule has 0 aromatic carbocycles. The molecule has 0 saturated heterocycles. The molecule has 4 nitrogen and oxygen atoms in total. The van der Waals surface area contributed by atoms with E-state index in [1.807, 2.05) is 0 Å². The van der Waals surface area contributed by atoms with Crippen LogP contribution in [0.1, 0.15) is 6.92 Å². The molecule has 6 heteroatoms. The normalized spacial score (nSPS) is 12.4.